The molecule has 2 rings (SSSR count). The van der Waals surface area contributed by atoms with Crippen molar-refractivity contribution in [3.63, 3.8) is 0 Å². The molecule has 0 aliphatic heterocycles. The fourth-order valence-electron chi connectivity index (χ4n) is 1.26. The van der Waals surface area contributed by atoms with E-state index >= 15 is 0 Å². The highest BCUT2D eigenvalue weighted by Gasteiger charge is 2.20. The first-order valence-corrected chi connectivity index (χ1v) is 5.93. The lowest BCUT2D eigenvalue weighted by Crippen LogP contribution is -2.12. The molecule has 0 aromatic carbocycles. The summed E-state index contributed by atoms with van der Waals surface area (Å²) in [6.45, 7) is 1.78. The van der Waals surface area contributed by atoms with Gasteiger partial charge >= 0.3 is 0 Å². The van der Waals surface area contributed by atoms with Crippen molar-refractivity contribution in [1.82, 2.24) is 9.97 Å². The van der Waals surface area contributed by atoms with E-state index in [2.05, 4.69) is 9.97 Å². The van der Waals surface area contributed by atoms with Crippen molar-refractivity contribution in [3.05, 3.63) is 30.3 Å². The molecule has 16 heavy (non-hydrogen) atoms. The van der Waals surface area contributed by atoms with Crippen LogP contribution in [0, 0.1) is 6.92 Å². The molecule has 7 heteroatoms. The van der Waals surface area contributed by atoms with E-state index in [9.17, 15) is 8.42 Å². The highest BCUT2D eigenvalue weighted by atomic mass is 32.2. The molecule has 0 saturated carbocycles. The normalized spacial score (nSPS) is 11.6. The predicted molar refractivity (Wildman–Crippen MR) is 55.8 cm³/mol. The van der Waals surface area contributed by atoms with Gasteiger partial charge in [0, 0.05) is 11.9 Å². The standard InChI is InChI=1S/C9H9N3O3S/c1-6-2-4-11-8(12-6)7-3-5-15-9(7)16(10,13)14/h2-5H,1H3,(H2,10,13,14). The van der Waals surface area contributed by atoms with Crippen molar-refractivity contribution in [1.29, 1.82) is 0 Å². The number of aryl methyl sites for hydroxylation is 1. The fraction of sp³-hybridized carbons (Fsp3) is 0.111. The number of hydrogen-bond donors (Lipinski definition) is 1. The fourth-order valence-corrected chi connectivity index (χ4v) is 1.92. The van der Waals surface area contributed by atoms with Gasteiger partial charge in [-0.2, -0.15) is 0 Å². The minimum atomic E-state index is -3.90. The van der Waals surface area contributed by atoms with Gasteiger partial charge in [-0.1, -0.05) is 0 Å². The molecule has 2 N–H and O–H groups in total. The first-order chi connectivity index (χ1) is 7.48. The summed E-state index contributed by atoms with van der Waals surface area (Å²) in [6.07, 6.45) is 2.78. The Balaban J connectivity index is 2.62. The summed E-state index contributed by atoms with van der Waals surface area (Å²) < 4.78 is 27.2. The van der Waals surface area contributed by atoms with Gasteiger partial charge in [-0.05, 0) is 19.1 Å². The van der Waals surface area contributed by atoms with E-state index < -0.39 is 10.0 Å². The summed E-state index contributed by atoms with van der Waals surface area (Å²) in [5.74, 6) is 0.276. The maximum Gasteiger partial charge on any atom is 0.272 e. The Morgan fingerprint density at radius 1 is 1.38 bits per heavy atom. The van der Waals surface area contributed by atoms with Gasteiger partial charge in [0.25, 0.3) is 10.0 Å². The third-order valence-corrected chi connectivity index (χ3v) is 2.76. The first-order valence-electron chi connectivity index (χ1n) is 4.39. The molecule has 0 aliphatic rings. The summed E-state index contributed by atoms with van der Waals surface area (Å²) in [5, 5.41) is 4.68. The molecule has 0 atom stereocenters. The summed E-state index contributed by atoms with van der Waals surface area (Å²) >= 11 is 0. The van der Waals surface area contributed by atoms with E-state index in [-0.39, 0.29) is 16.5 Å². The summed E-state index contributed by atoms with van der Waals surface area (Å²) in [4.78, 5) is 8.06. The van der Waals surface area contributed by atoms with Crippen molar-refractivity contribution in [2.45, 2.75) is 12.0 Å². The molecule has 0 spiro atoms. The van der Waals surface area contributed by atoms with Gasteiger partial charge in [0.1, 0.15) is 0 Å². The van der Waals surface area contributed by atoms with Gasteiger partial charge in [-0.3, -0.25) is 0 Å². The number of hydrogen-bond acceptors (Lipinski definition) is 5. The SMILES string of the molecule is Cc1ccnc(-c2ccoc2S(N)(=O)=O)n1. The van der Waals surface area contributed by atoms with Crippen LogP contribution in [0.25, 0.3) is 11.4 Å². The van der Waals surface area contributed by atoms with Crippen molar-refractivity contribution in [3.8, 4) is 11.4 Å². The van der Waals surface area contributed by atoms with Crippen LogP contribution in [0.4, 0.5) is 0 Å². The Kier molecular flexibility index (Phi) is 2.49. The second-order valence-corrected chi connectivity index (χ2v) is 4.65. The van der Waals surface area contributed by atoms with Gasteiger partial charge < -0.3 is 4.42 Å². The van der Waals surface area contributed by atoms with Crippen LogP contribution in [0.3, 0.4) is 0 Å². The highest BCUT2D eigenvalue weighted by Crippen LogP contribution is 2.24. The molecule has 0 aliphatic carbocycles. The number of aromatic nitrogens is 2. The summed E-state index contributed by atoms with van der Waals surface area (Å²) in [5.41, 5.74) is 0.998. The van der Waals surface area contributed by atoms with E-state index in [0.717, 1.165) is 5.69 Å². The van der Waals surface area contributed by atoms with E-state index in [1.54, 1.807) is 13.0 Å². The molecular weight excluding hydrogens is 230 g/mol. The Hall–Kier alpha value is -1.73. The van der Waals surface area contributed by atoms with Crippen molar-refractivity contribution in [2.75, 3.05) is 0 Å². The number of sulfonamides is 1. The Labute approximate surface area is 92.2 Å². The molecule has 0 fully saturated rings. The van der Waals surface area contributed by atoms with Crippen LogP contribution >= 0.6 is 0 Å². The van der Waals surface area contributed by atoms with Gasteiger partial charge in [-0.15, -0.1) is 0 Å². The Morgan fingerprint density at radius 3 is 2.75 bits per heavy atom. The zero-order valence-corrected chi connectivity index (χ0v) is 9.23. The van der Waals surface area contributed by atoms with Crippen LogP contribution < -0.4 is 5.14 Å². The molecule has 2 aromatic heterocycles. The predicted octanol–water partition coefficient (Wildman–Crippen LogP) is 0.692. The Bertz CT molecular complexity index is 618. The second-order valence-electron chi connectivity index (χ2n) is 3.19. The van der Waals surface area contributed by atoms with Crippen LogP contribution in [-0.2, 0) is 10.0 Å². The number of nitrogens with two attached hydrogens (primary N) is 1. The molecule has 0 saturated heterocycles. The second kappa shape index (κ2) is 3.69. The van der Waals surface area contributed by atoms with E-state index in [1.165, 1.54) is 18.5 Å². The topological polar surface area (TPSA) is 99.1 Å². The van der Waals surface area contributed by atoms with Crippen LogP contribution in [0.1, 0.15) is 5.69 Å². The van der Waals surface area contributed by atoms with Crippen molar-refractivity contribution < 1.29 is 12.8 Å². The van der Waals surface area contributed by atoms with Crippen LogP contribution in [-0.4, -0.2) is 18.4 Å². The molecule has 2 aromatic rings. The van der Waals surface area contributed by atoms with Gasteiger partial charge in [-0.25, -0.2) is 23.5 Å². The maximum atomic E-state index is 11.2. The van der Waals surface area contributed by atoms with E-state index in [1.807, 2.05) is 0 Å². The zero-order valence-electron chi connectivity index (χ0n) is 8.41. The Morgan fingerprint density at radius 2 is 2.12 bits per heavy atom. The van der Waals surface area contributed by atoms with Crippen molar-refractivity contribution in [2.24, 2.45) is 5.14 Å². The minimum absolute atomic E-state index is 0.270. The smallest absolute Gasteiger partial charge is 0.272 e. The lowest BCUT2D eigenvalue weighted by Gasteiger charge is -1.99. The number of rotatable bonds is 2. The highest BCUT2D eigenvalue weighted by molar-refractivity contribution is 7.89. The summed E-state index contributed by atoms with van der Waals surface area (Å²) in [7, 11) is -3.90. The van der Waals surface area contributed by atoms with Crippen LogP contribution in [0.2, 0.25) is 0 Å². The van der Waals surface area contributed by atoms with Crippen LogP contribution in [0.15, 0.2) is 34.1 Å². The molecule has 0 amide bonds. The molecular formula is C9H9N3O3S. The van der Waals surface area contributed by atoms with Crippen LogP contribution in [0.5, 0.6) is 0 Å². The maximum absolute atomic E-state index is 11.2. The lowest BCUT2D eigenvalue weighted by atomic mass is 10.3. The van der Waals surface area contributed by atoms with E-state index in [4.69, 9.17) is 9.56 Å². The molecule has 6 nitrogen and oxygen atoms in total. The van der Waals surface area contributed by atoms with E-state index in [0.29, 0.717) is 0 Å². The third kappa shape index (κ3) is 1.95. The summed E-state index contributed by atoms with van der Waals surface area (Å²) in [6, 6.07) is 3.18. The lowest BCUT2D eigenvalue weighted by molar-refractivity contribution is 0.452. The minimum Gasteiger partial charge on any atom is -0.451 e. The average Bonchev–Trinajstić information content (AvgIpc) is 2.65. The average molecular weight is 239 g/mol. The molecule has 2 heterocycles. The van der Waals surface area contributed by atoms with Gasteiger partial charge in [0.15, 0.2) is 5.82 Å². The quantitative estimate of drug-likeness (QED) is 0.831. The molecule has 84 valence electrons. The third-order valence-electron chi connectivity index (χ3n) is 1.92. The first kappa shape index (κ1) is 10.8. The monoisotopic (exact) mass is 239 g/mol. The van der Waals surface area contributed by atoms with Gasteiger partial charge in [0.2, 0.25) is 5.09 Å². The largest absolute Gasteiger partial charge is 0.451 e. The molecule has 0 radical (unpaired) electrons. The molecule has 0 bridgehead atoms. The number of primary sulfonamides is 1. The number of furan rings is 1. The van der Waals surface area contributed by atoms with Gasteiger partial charge in [0.05, 0.1) is 11.8 Å². The zero-order chi connectivity index (χ0) is 11.8. The van der Waals surface area contributed by atoms with Crippen molar-refractivity contribution >= 4 is 10.0 Å². The molecule has 0 unspecified atom stereocenters. The number of nitrogens with zero attached hydrogens (tertiary/aromatic N) is 2.